The Morgan fingerprint density at radius 2 is 1.64 bits per heavy atom. The molecular formula is C20H17N3O5. The van der Waals surface area contributed by atoms with E-state index in [1.165, 1.54) is 0 Å². The summed E-state index contributed by atoms with van der Waals surface area (Å²) in [5.74, 6) is -2.03. The lowest BCUT2D eigenvalue weighted by Crippen LogP contribution is -2.36. The van der Waals surface area contributed by atoms with Crippen molar-refractivity contribution in [2.45, 2.75) is 13.5 Å². The molecule has 1 aromatic heterocycles. The molecule has 0 radical (unpaired) electrons. The topological polar surface area (TPSA) is 114 Å². The zero-order chi connectivity index (χ0) is 20.1. The molecule has 28 heavy (non-hydrogen) atoms. The largest absolute Gasteiger partial charge is 0.457 e. The van der Waals surface area contributed by atoms with Crippen molar-refractivity contribution in [2.75, 3.05) is 5.73 Å². The minimum Gasteiger partial charge on any atom is -0.457 e. The molecule has 0 amide bonds. The molecular weight excluding hydrogens is 362 g/mol. The van der Waals surface area contributed by atoms with Gasteiger partial charge in [-0.15, -0.1) is 4.73 Å². The van der Waals surface area contributed by atoms with Crippen molar-refractivity contribution < 1.29 is 19.2 Å². The first kappa shape index (κ1) is 18.8. The molecule has 2 N–H and O–H groups in total. The Balaban J connectivity index is 2.01. The van der Waals surface area contributed by atoms with Crippen LogP contribution in [0, 0.1) is 0 Å². The highest BCUT2D eigenvalue weighted by Gasteiger charge is 2.24. The van der Waals surface area contributed by atoms with Gasteiger partial charge < -0.3 is 15.3 Å². The fourth-order valence-corrected chi connectivity index (χ4v) is 2.49. The number of nitrogen functional groups attached to an aromatic ring is 1. The molecule has 0 aliphatic rings. The third-order valence-electron chi connectivity index (χ3n) is 3.74. The second-order valence-corrected chi connectivity index (χ2v) is 5.81. The number of carbonyl (C=O) groups excluding carboxylic acids is 2. The number of ether oxygens (including phenoxy) is 1. The van der Waals surface area contributed by atoms with Gasteiger partial charge in [-0.25, -0.2) is 14.6 Å². The number of rotatable bonds is 5. The van der Waals surface area contributed by atoms with Gasteiger partial charge in [0, 0.05) is 12.5 Å². The van der Waals surface area contributed by atoms with E-state index in [0.29, 0.717) is 10.3 Å². The van der Waals surface area contributed by atoms with Crippen LogP contribution in [0.15, 0.2) is 65.5 Å². The number of nitrogens with two attached hydrogens (primary N) is 1. The summed E-state index contributed by atoms with van der Waals surface area (Å²) in [7, 11) is 0. The van der Waals surface area contributed by atoms with Gasteiger partial charge in [0.25, 0.3) is 0 Å². The van der Waals surface area contributed by atoms with E-state index in [1.807, 2.05) is 6.07 Å². The SMILES string of the molecule is CC(=O)On1c(-c2ccccc2)nc(N)c(C(=O)OCc2ccccc2)c1=O. The van der Waals surface area contributed by atoms with Gasteiger partial charge in [-0.1, -0.05) is 60.7 Å². The average molecular weight is 379 g/mol. The molecule has 8 heteroatoms. The molecule has 8 nitrogen and oxygen atoms in total. The van der Waals surface area contributed by atoms with Crippen molar-refractivity contribution in [3.05, 3.63) is 82.1 Å². The molecule has 0 saturated carbocycles. The van der Waals surface area contributed by atoms with Crippen LogP contribution >= 0.6 is 0 Å². The molecule has 0 fully saturated rings. The van der Waals surface area contributed by atoms with E-state index in [9.17, 15) is 14.4 Å². The maximum Gasteiger partial charge on any atom is 0.348 e. The second kappa shape index (κ2) is 8.17. The summed E-state index contributed by atoms with van der Waals surface area (Å²) < 4.78 is 5.81. The van der Waals surface area contributed by atoms with Gasteiger partial charge >= 0.3 is 17.5 Å². The van der Waals surface area contributed by atoms with Crippen LogP contribution in [0.1, 0.15) is 22.8 Å². The minimum absolute atomic E-state index is 0.00194. The quantitative estimate of drug-likeness (QED) is 0.673. The molecule has 3 aromatic rings. The predicted molar refractivity (Wildman–Crippen MR) is 101 cm³/mol. The van der Waals surface area contributed by atoms with Crippen molar-refractivity contribution in [1.29, 1.82) is 0 Å². The first-order chi connectivity index (χ1) is 13.5. The molecule has 0 aliphatic carbocycles. The highest BCUT2D eigenvalue weighted by Crippen LogP contribution is 2.18. The Morgan fingerprint density at radius 1 is 1.04 bits per heavy atom. The summed E-state index contributed by atoms with van der Waals surface area (Å²) >= 11 is 0. The number of benzene rings is 2. The third kappa shape index (κ3) is 4.07. The third-order valence-corrected chi connectivity index (χ3v) is 3.74. The van der Waals surface area contributed by atoms with E-state index in [4.69, 9.17) is 15.3 Å². The summed E-state index contributed by atoms with van der Waals surface area (Å²) in [4.78, 5) is 45.8. The average Bonchev–Trinajstić information content (AvgIpc) is 2.69. The van der Waals surface area contributed by atoms with Crippen LogP contribution in [-0.2, 0) is 16.1 Å². The number of carbonyl (C=O) groups is 2. The normalized spacial score (nSPS) is 10.3. The van der Waals surface area contributed by atoms with Gasteiger partial charge in [-0.2, -0.15) is 0 Å². The van der Waals surface area contributed by atoms with E-state index in [-0.39, 0.29) is 18.2 Å². The Kier molecular flexibility index (Phi) is 5.50. The maximum absolute atomic E-state index is 12.8. The molecule has 0 aliphatic heterocycles. The molecule has 1 heterocycles. The van der Waals surface area contributed by atoms with Crippen LogP contribution in [0.5, 0.6) is 0 Å². The second-order valence-electron chi connectivity index (χ2n) is 5.81. The monoisotopic (exact) mass is 379 g/mol. The fraction of sp³-hybridized carbons (Fsp3) is 0.100. The maximum atomic E-state index is 12.8. The first-order valence-electron chi connectivity index (χ1n) is 8.35. The Labute approximate surface area is 160 Å². The zero-order valence-electron chi connectivity index (χ0n) is 15.0. The molecule has 142 valence electrons. The van der Waals surface area contributed by atoms with Gasteiger partial charge in [0.05, 0.1) is 0 Å². The highest BCUT2D eigenvalue weighted by atomic mass is 16.7. The Morgan fingerprint density at radius 3 is 2.25 bits per heavy atom. The van der Waals surface area contributed by atoms with E-state index in [0.717, 1.165) is 12.5 Å². The summed E-state index contributed by atoms with van der Waals surface area (Å²) in [5.41, 5.74) is 5.65. The van der Waals surface area contributed by atoms with Crippen LogP contribution in [-0.4, -0.2) is 21.7 Å². The number of anilines is 1. The van der Waals surface area contributed by atoms with Crippen LogP contribution in [0.3, 0.4) is 0 Å². The predicted octanol–water partition coefficient (Wildman–Crippen LogP) is 1.82. The molecule has 0 spiro atoms. The van der Waals surface area contributed by atoms with E-state index < -0.39 is 23.1 Å². The number of aromatic nitrogens is 2. The number of esters is 1. The number of hydrogen-bond donors (Lipinski definition) is 1. The Bertz CT molecular complexity index is 1060. The van der Waals surface area contributed by atoms with E-state index >= 15 is 0 Å². The number of hydrogen-bond acceptors (Lipinski definition) is 7. The first-order valence-corrected chi connectivity index (χ1v) is 8.35. The van der Waals surface area contributed by atoms with Gasteiger partial charge in [-0.3, -0.25) is 4.79 Å². The van der Waals surface area contributed by atoms with Crippen LogP contribution in [0.2, 0.25) is 0 Å². The van der Waals surface area contributed by atoms with Crippen molar-refractivity contribution >= 4 is 17.8 Å². The van der Waals surface area contributed by atoms with Crippen molar-refractivity contribution in [3.63, 3.8) is 0 Å². The standard InChI is InChI=1S/C20H17N3O5/c1-13(24)28-23-18(15-10-6-3-7-11-15)22-17(21)16(19(23)25)20(26)27-12-14-8-4-2-5-9-14/h2-11H,12,21H2,1H3. The summed E-state index contributed by atoms with van der Waals surface area (Å²) in [6.07, 6.45) is 0. The molecule has 0 atom stereocenters. The van der Waals surface area contributed by atoms with Crippen molar-refractivity contribution in [2.24, 2.45) is 0 Å². The summed E-state index contributed by atoms with van der Waals surface area (Å²) in [5, 5.41) is 0. The lowest BCUT2D eigenvalue weighted by atomic mass is 10.2. The lowest BCUT2D eigenvalue weighted by molar-refractivity contribution is -0.141. The van der Waals surface area contributed by atoms with E-state index in [1.54, 1.807) is 54.6 Å². The van der Waals surface area contributed by atoms with Gasteiger partial charge in [0.2, 0.25) is 0 Å². The van der Waals surface area contributed by atoms with Gasteiger partial charge in [0.15, 0.2) is 11.4 Å². The smallest absolute Gasteiger partial charge is 0.348 e. The molecule has 0 unspecified atom stereocenters. The van der Waals surface area contributed by atoms with Crippen molar-refractivity contribution in [3.8, 4) is 11.4 Å². The summed E-state index contributed by atoms with van der Waals surface area (Å²) in [6.45, 7) is 1.08. The van der Waals surface area contributed by atoms with Crippen LogP contribution < -0.4 is 16.1 Å². The van der Waals surface area contributed by atoms with Crippen LogP contribution in [0.4, 0.5) is 5.82 Å². The summed E-state index contributed by atoms with van der Waals surface area (Å²) in [6, 6.07) is 17.5. The number of nitrogens with zero attached hydrogens (tertiary/aromatic N) is 2. The zero-order valence-corrected chi connectivity index (χ0v) is 15.0. The van der Waals surface area contributed by atoms with Gasteiger partial charge in [0.1, 0.15) is 12.4 Å². The molecule has 0 saturated heterocycles. The molecule has 3 rings (SSSR count). The van der Waals surface area contributed by atoms with Crippen LogP contribution in [0.25, 0.3) is 11.4 Å². The fourth-order valence-electron chi connectivity index (χ4n) is 2.49. The van der Waals surface area contributed by atoms with Gasteiger partial charge in [-0.05, 0) is 5.56 Å². The molecule has 0 bridgehead atoms. The Hall–Kier alpha value is -3.94. The molecule has 2 aromatic carbocycles. The van der Waals surface area contributed by atoms with Crippen molar-refractivity contribution in [1.82, 2.24) is 9.71 Å². The van der Waals surface area contributed by atoms with E-state index in [2.05, 4.69) is 4.98 Å². The minimum atomic E-state index is -0.959. The lowest BCUT2D eigenvalue weighted by Gasteiger charge is -2.13. The highest BCUT2D eigenvalue weighted by molar-refractivity contribution is 5.94.